The zero-order chi connectivity index (χ0) is 11.7. The van der Waals surface area contributed by atoms with E-state index in [4.69, 9.17) is 16.9 Å². The fraction of sp³-hybridized carbons (Fsp3) is 0.0833. The van der Waals surface area contributed by atoms with Crippen molar-refractivity contribution in [3.8, 4) is 17.3 Å². The van der Waals surface area contributed by atoms with Crippen LogP contribution in [0.1, 0.15) is 11.3 Å². The van der Waals surface area contributed by atoms with Gasteiger partial charge in [0, 0.05) is 10.7 Å². The molecular formula is C12H8BrClN2. The minimum atomic E-state index is 0.625. The van der Waals surface area contributed by atoms with Gasteiger partial charge in [-0.1, -0.05) is 23.7 Å². The maximum Gasteiger partial charge on any atom is 0.103 e. The van der Waals surface area contributed by atoms with E-state index < -0.39 is 0 Å². The van der Waals surface area contributed by atoms with E-state index in [1.54, 1.807) is 0 Å². The van der Waals surface area contributed by atoms with E-state index in [0.717, 1.165) is 21.4 Å². The topological polar surface area (TPSA) is 39.6 Å². The van der Waals surface area contributed by atoms with E-state index in [9.17, 15) is 0 Å². The maximum absolute atomic E-state index is 9.10. The van der Waals surface area contributed by atoms with E-state index in [2.05, 4.69) is 27.0 Å². The van der Waals surface area contributed by atoms with Crippen LogP contribution in [-0.2, 0) is 0 Å². The van der Waals surface area contributed by atoms with Crippen molar-refractivity contribution >= 4 is 27.5 Å². The highest BCUT2D eigenvalue weighted by atomic mass is 79.9. The van der Waals surface area contributed by atoms with E-state index >= 15 is 0 Å². The predicted octanol–water partition coefficient (Wildman–Crippen LogP) is 4.28. The fourth-order valence-corrected chi connectivity index (χ4v) is 2.05. The molecule has 0 spiro atoms. The Morgan fingerprint density at radius 2 is 1.94 bits per heavy atom. The Morgan fingerprint density at radius 1 is 1.31 bits per heavy atom. The molecule has 2 nitrogen and oxygen atoms in total. The molecule has 0 aliphatic rings. The van der Waals surface area contributed by atoms with Gasteiger partial charge in [-0.2, -0.15) is 5.26 Å². The number of rotatable bonds is 1. The summed E-state index contributed by atoms with van der Waals surface area (Å²) in [5.74, 6) is 0. The van der Waals surface area contributed by atoms with Crippen LogP contribution in [0.25, 0.3) is 11.3 Å². The third-order valence-corrected chi connectivity index (χ3v) is 3.60. The average Bonchev–Trinajstić information content (AvgIpc) is 2.56. The Morgan fingerprint density at radius 3 is 2.50 bits per heavy atom. The summed E-state index contributed by atoms with van der Waals surface area (Å²) >= 11 is 9.22. The van der Waals surface area contributed by atoms with Gasteiger partial charge in [0.1, 0.15) is 6.07 Å². The second-order valence-corrected chi connectivity index (χ2v) is 4.66. The van der Waals surface area contributed by atoms with E-state index in [1.165, 1.54) is 0 Å². The van der Waals surface area contributed by atoms with Gasteiger partial charge >= 0.3 is 0 Å². The number of benzene rings is 1. The van der Waals surface area contributed by atoms with Crippen LogP contribution in [0.2, 0.25) is 5.02 Å². The molecule has 0 saturated carbocycles. The average molecular weight is 296 g/mol. The Kier molecular flexibility index (Phi) is 3.04. The largest absolute Gasteiger partial charge is 0.357 e. The van der Waals surface area contributed by atoms with Crippen LogP contribution in [0, 0.1) is 18.3 Å². The third-order valence-electron chi connectivity index (χ3n) is 2.36. The molecule has 0 aliphatic carbocycles. The number of H-pyrrole nitrogens is 1. The van der Waals surface area contributed by atoms with Crippen LogP contribution >= 0.6 is 27.5 Å². The summed E-state index contributed by atoms with van der Waals surface area (Å²) in [7, 11) is 0. The van der Waals surface area contributed by atoms with E-state index in [0.29, 0.717) is 10.6 Å². The van der Waals surface area contributed by atoms with Gasteiger partial charge in [-0.05, 0) is 40.5 Å². The Labute approximate surface area is 107 Å². The number of nitriles is 1. The van der Waals surface area contributed by atoms with Gasteiger partial charge in [-0.25, -0.2) is 0 Å². The minimum absolute atomic E-state index is 0.625. The van der Waals surface area contributed by atoms with Gasteiger partial charge in [-0.15, -0.1) is 0 Å². The Bertz CT molecular complexity index is 564. The van der Waals surface area contributed by atoms with Crippen LogP contribution in [0.4, 0.5) is 0 Å². The molecule has 1 aromatic heterocycles. The number of nitrogens with zero attached hydrogens (tertiary/aromatic N) is 1. The van der Waals surface area contributed by atoms with Crippen molar-refractivity contribution in [3.05, 3.63) is 45.0 Å². The summed E-state index contributed by atoms with van der Waals surface area (Å²) in [5, 5.41) is 9.79. The molecule has 2 aromatic rings. The van der Waals surface area contributed by atoms with Crippen LogP contribution in [-0.4, -0.2) is 4.98 Å². The SMILES string of the molecule is Cc1[nH]c(-c2ccc(Cl)cc2)c(C#N)c1Br. The summed E-state index contributed by atoms with van der Waals surface area (Å²) in [6.45, 7) is 1.92. The van der Waals surface area contributed by atoms with Crippen molar-refractivity contribution in [2.24, 2.45) is 0 Å². The lowest BCUT2D eigenvalue weighted by molar-refractivity contribution is 1.26. The lowest BCUT2D eigenvalue weighted by Crippen LogP contribution is -1.81. The molecule has 0 fully saturated rings. The second kappa shape index (κ2) is 4.32. The molecule has 1 aromatic carbocycles. The third kappa shape index (κ3) is 1.87. The molecule has 1 N–H and O–H groups in total. The molecule has 0 saturated heterocycles. The normalized spacial score (nSPS) is 10.1. The fourth-order valence-electron chi connectivity index (χ4n) is 1.54. The van der Waals surface area contributed by atoms with Crippen LogP contribution in [0.15, 0.2) is 28.7 Å². The summed E-state index contributed by atoms with van der Waals surface area (Å²) in [5.41, 5.74) is 3.35. The van der Waals surface area contributed by atoms with Gasteiger partial charge < -0.3 is 4.98 Å². The summed E-state index contributed by atoms with van der Waals surface area (Å²) in [4.78, 5) is 3.19. The number of halogens is 2. The molecule has 0 bridgehead atoms. The number of nitrogens with one attached hydrogen (secondary N) is 1. The van der Waals surface area contributed by atoms with Crippen molar-refractivity contribution in [1.29, 1.82) is 5.26 Å². The van der Waals surface area contributed by atoms with E-state index in [1.807, 2.05) is 31.2 Å². The highest BCUT2D eigenvalue weighted by Crippen LogP contribution is 2.31. The molecule has 0 aliphatic heterocycles. The molecule has 2 rings (SSSR count). The highest BCUT2D eigenvalue weighted by Gasteiger charge is 2.13. The summed E-state index contributed by atoms with van der Waals surface area (Å²) in [6.07, 6.45) is 0. The number of aromatic nitrogens is 1. The molecule has 4 heteroatoms. The zero-order valence-corrected chi connectivity index (χ0v) is 10.9. The highest BCUT2D eigenvalue weighted by molar-refractivity contribution is 9.10. The predicted molar refractivity (Wildman–Crippen MR) is 68.4 cm³/mol. The molecular weight excluding hydrogens is 288 g/mol. The molecule has 0 radical (unpaired) electrons. The van der Waals surface area contributed by atoms with Gasteiger partial charge in [0.2, 0.25) is 0 Å². The minimum Gasteiger partial charge on any atom is -0.357 e. The van der Waals surface area contributed by atoms with Crippen molar-refractivity contribution in [2.45, 2.75) is 6.92 Å². The first-order valence-corrected chi connectivity index (χ1v) is 5.84. The van der Waals surface area contributed by atoms with Crippen molar-refractivity contribution in [1.82, 2.24) is 4.98 Å². The molecule has 1 heterocycles. The Balaban J connectivity index is 2.61. The first-order valence-electron chi connectivity index (χ1n) is 4.67. The molecule has 0 amide bonds. The van der Waals surface area contributed by atoms with Gasteiger partial charge in [-0.3, -0.25) is 0 Å². The first kappa shape index (κ1) is 11.3. The van der Waals surface area contributed by atoms with Crippen molar-refractivity contribution in [2.75, 3.05) is 0 Å². The van der Waals surface area contributed by atoms with Gasteiger partial charge in [0.15, 0.2) is 0 Å². The molecule has 80 valence electrons. The Hall–Kier alpha value is -1.24. The van der Waals surface area contributed by atoms with Gasteiger partial charge in [0.25, 0.3) is 0 Å². The number of hydrogen-bond donors (Lipinski definition) is 1. The van der Waals surface area contributed by atoms with Crippen molar-refractivity contribution in [3.63, 3.8) is 0 Å². The lowest BCUT2D eigenvalue weighted by atomic mass is 10.1. The van der Waals surface area contributed by atoms with Crippen molar-refractivity contribution < 1.29 is 0 Å². The first-order chi connectivity index (χ1) is 7.63. The zero-order valence-electron chi connectivity index (χ0n) is 8.51. The van der Waals surface area contributed by atoms with Crippen LogP contribution in [0.5, 0.6) is 0 Å². The second-order valence-electron chi connectivity index (χ2n) is 3.43. The molecule has 0 atom stereocenters. The standard InChI is InChI=1S/C12H8BrClN2/c1-7-11(13)10(6-15)12(16-7)8-2-4-9(14)5-3-8/h2-5,16H,1H3. The maximum atomic E-state index is 9.10. The summed E-state index contributed by atoms with van der Waals surface area (Å²) < 4.78 is 0.819. The lowest BCUT2D eigenvalue weighted by Gasteiger charge is -1.99. The number of hydrogen-bond acceptors (Lipinski definition) is 1. The van der Waals surface area contributed by atoms with Crippen LogP contribution in [0.3, 0.4) is 0 Å². The smallest absolute Gasteiger partial charge is 0.103 e. The molecule has 16 heavy (non-hydrogen) atoms. The van der Waals surface area contributed by atoms with E-state index in [-0.39, 0.29) is 0 Å². The molecule has 0 unspecified atom stereocenters. The van der Waals surface area contributed by atoms with Gasteiger partial charge in [0.05, 0.1) is 15.7 Å². The number of aromatic amines is 1. The van der Waals surface area contributed by atoms with Crippen LogP contribution < -0.4 is 0 Å². The monoisotopic (exact) mass is 294 g/mol. The number of aryl methyl sites for hydroxylation is 1. The quantitative estimate of drug-likeness (QED) is 0.838. The summed E-state index contributed by atoms with van der Waals surface area (Å²) in [6, 6.07) is 9.58.